The second-order valence-electron chi connectivity index (χ2n) is 4.41. The van der Waals surface area contributed by atoms with Crippen molar-refractivity contribution in [3.63, 3.8) is 0 Å². The maximum Gasteiger partial charge on any atom is 0.0628 e. The molecule has 0 saturated carbocycles. The van der Waals surface area contributed by atoms with Crippen molar-refractivity contribution in [2.75, 3.05) is 0 Å². The van der Waals surface area contributed by atoms with E-state index in [2.05, 4.69) is 19.1 Å². The fraction of sp³-hybridized carbons (Fsp3) is 0.333. The standard InChI is InChI=1S/C15H17ClOS/c1-2-14-7-8-15(18-14)10-13(17)9-11-3-5-12(16)6-4-11/h3-8,13,17H,2,9-10H2,1H3. The summed E-state index contributed by atoms with van der Waals surface area (Å²) in [5, 5.41) is 10.8. The molecule has 0 radical (unpaired) electrons. The van der Waals surface area contributed by atoms with Gasteiger partial charge in [0.05, 0.1) is 6.10 Å². The molecule has 0 aliphatic carbocycles. The maximum absolute atomic E-state index is 10.1. The fourth-order valence-corrected chi connectivity index (χ4v) is 3.07. The van der Waals surface area contributed by atoms with Crippen molar-refractivity contribution in [1.82, 2.24) is 0 Å². The Kier molecular flexibility index (Phi) is 4.81. The average Bonchev–Trinajstić information content (AvgIpc) is 2.79. The predicted molar refractivity (Wildman–Crippen MR) is 78.6 cm³/mol. The normalized spacial score (nSPS) is 12.6. The van der Waals surface area contributed by atoms with Gasteiger partial charge in [0.15, 0.2) is 0 Å². The Morgan fingerprint density at radius 3 is 2.33 bits per heavy atom. The van der Waals surface area contributed by atoms with Crippen LogP contribution < -0.4 is 0 Å². The molecule has 0 aliphatic rings. The van der Waals surface area contributed by atoms with Crippen molar-refractivity contribution in [1.29, 1.82) is 0 Å². The van der Waals surface area contributed by atoms with Gasteiger partial charge >= 0.3 is 0 Å². The molecule has 1 N–H and O–H groups in total. The Morgan fingerprint density at radius 2 is 1.72 bits per heavy atom. The van der Waals surface area contributed by atoms with Crippen molar-refractivity contribution < 1.29 is 5.11 Å². The van der Waals surface area contributed by atoms with Crippen LogP contribution in [0.2, 0.25) is 5.02 Å². The van der Waals surface area contributed by atoms with E-state index in [9.17, 15) is 5.11 Å². The van der Waals surface area contributed by atoms with E-state index >= 15 is 0 Å². The minimum atomic E-state index is -0.325. The van der Waals surface area contributed by atoms with Gasteiger partial charge in [-0.25, -0.2) is 0 Å². The first kappa shape index (κ1) is 13.6. The molecule has 1 atom stereocenters. The van der Waals surface area contributed by atoms with Crippen molar-refractivity contribution in [3.05, 3.63) is 56.7 Å². The molecule has 18 heavy (non-hydrogen) atoms. The van der Waals surface area contributed by atoms with Crippen LogP contribution in [0.15, 0.2) is 36.4 Å². The molecule has 1 unspecified atom stereocenters. The van der Waals surface area contributed by atoms with Crippen LogP contribution in [0.3, 0.4) is 0 Å². The lowest BCUT2D eigenvalue weighted by atomic mass is 10.1. The molecule has 0 fully saturated rings. The van der Waals surface area contributed by atoms with E-state index in [1.54, 1.807) is 11.3 Å². The first-order valence-corrected chi connectivity index (χ1v) is 7.37. The quantitative estimate of drug-likeness (QED) is 0.874. The molecule has 2 rings (SSSR count). The summed E-state index contributed by atoms with van der Waals surface area (Å²) in [6, 6.07) is 11.9. The van der Waals surface area contributed by atoms with Crippen LogP contribution in [0, 0.1) is 0 Å². The molecule has 0 amide bonds. The van der Waals surface area contributed by atoms with E-state index in [1.165, 1.54) is 9.75 Å². The summed E-state index contributed by atoms with van der Waals surface area (Å²) in [5.41, 5.74) is 1.12. The summed E-state index contributed by atoms with van der Waals surface area (Å²) < 4.78 is 0. The van der Waals surface area contributed by atoms with Crippen molar-refractivity contribution in [3.8, 4) is 0 Å². The third-order valence-electron chi connectivity index (χ3n) is 2.89. The monoisotopic (exact) mass is 280 g/mol. The Labute approximate surface area is 117 Å². The molecule has 1 aromatic heterocycles. The van der Waals surface area contributed by atoms with Crippen LogP contribution in [-0.2, 0) is 19.3 Å². The Hall–Kier alpha value is -0.830. The summed E-state index contributed by atoms with van der Waals surface area (Å²) >= 11 is 7.63. The average molecular weight is 281 g/mol. The van der Waals surface area contributed by atoms with Gasteiger partial charge in [0.2, 0.25) is 0 Å². The number of aryl methyl sites for hydroxylation is 1. The number of aliphatic hydroxyl groups excluding tert-OH is 1. The second kappa shape index (κ2) is 6.37. The van der Waals surface area contributed by atoms with E-state index in [0.29, 0.717) is 6.42 Å². The van der Waals surface area contributed by atoms with Gasteiger partial charge < -0.3 is 5.11 Å². The van der Waals surface area contributed by atoms with Crippen molar-refractivity contribution in [2.45, 2.75) is 32.3 Å². The highest BCUT2D eigenvalue weighted by atomic mass is 35.5. The third-order valence-corrected chi connectivity index (χ3v) is 4.39. The molecule has 3 heteroatoms. The van der Waals surface area contributed by atoms with Gasteiger partial charge in [0.1, 0.15) is 0 Å². The van der Waals surface area contributed by atoms with Gasteiger partial charge in [-0.05, 0) is 42.7 Å². The van der Waals surface area contributed by atoms with Gasteiger partial charge in [-0.15, -0.1) is 11.3 Å². The highest BCUT2D eigenvalue weighted by Crippen LogP contribution is 2.20. The molecule has 1 nitrogen and oxygen atoms in total. The minimum Gasteiger partial charge on any atom is -0.392 e. The van der Waals surface area contributed by atoms with Crippen LogP contribution in [-0.4, -0.2) is 11.2 Å². The molecule has 0 spiro atoms. The van der Waals surface area contributed by atoms with Gasteiger partial charge in [0.25, 0.3) is 0 Å². The zero-order valence-corrected chi connectivity index (χ0v) is 12.0. The highest BCUT2D eigenvalue weighted by Gasteiger charge is 2.08. The summed E-state index contributed by atoms with van der Waals surface area (Å²) in [6.07, 6.45) is 2.15. The Bertz CT molecular complexity index is 489. The largest absolute Gasteiger partial charge is 0.392 e. The van der Waals surface area contributed by atoms with Gasteiger partial charge in [-0.2, -0.15) is 0 Å². The SMILES string of the molecule is CCc1ccc(CC(O)Cc2ccc(Cl)cc2)s1. The van der Waals surface area contributed by atoms with Crippen molar-refractivity contribution >= 4 is 22.9 Å². The number of hydrogen-bond acceptors (Lipinski definition) is 2. The predicted octanol–water partition coefficient (Wildman–Crippen LogP) is 4.11. The van der Waals surface area contributed by atoms with Crippen molar-refractivity contribution in [2.24, 2.45) is 0 Å². The molecular formula is C15H17ClOS. The Morgan fingerprint density at radius 1 is 1.06 bits per heavy atom. The lowest BCUT2D eigenvalue weighted by Crippen LogP contribution is -2.13. The number of benzene rings is 1. The first-order valence-electron chi connectivity index (χ1n) is 6.17. The van der Waals surface area contributed by atoms with E-state index in [4.69, 9.17) is 11.6 Å². The number of hydrogen-bond donors (Lipinski definition) is 1. The zero-order chi connectivity index (χ0) is 13.0. The lowest BCUT2D eigenvalue weighted by molar-refractivity contribution is 0.176. The summed E-state index contributed by atoms with van der Waals surface area (Å²) in [7, 11) is 0. The van der Waals surface area contributed by atoms with Crippen LogP contribution in [0.25, 0.3) is 0 Å². The van der Waals surface area contributed by atoms with Gasteiger partial charge in [-0.3, -0.25) is 0 Å². The number of rotatable bonds is 5. The lowest BCUT2D eigenvalue weighted by Gasteiger charge is -2.09. The molecule has 1 aromatic carbocycles. The van der Waals surface area contributed by atoms with Gasteiger partial charge in [0, 0.05) is 21.2 Å². The molecule has 0 saturated heterocycles. The summed E-state index contributed by atoms with van der Waals surface area (Å²) in [5.74, 6) is 0. The molecule has 0 bridgehead atoms. The topological polar surface area (TPSA) is 20.2 Å². The summed E-state index contributed by atoms with van der Waals surface area (Å²) in [4.78, 5) is 2.64. The zero-order valence-electron chi connectivity index (χ0n) is 10.4. The van der Waals surface area contributed by atoms with Crippen LogP contribution in [0.1, 0.15) is 22.2 Å². The summed E-state index contributed by atoms with van der Waals surface area (Å²) in [6.45, 7) is 2.15. The first-order chi connectivity index (χ1) is 8.67. The van der Waals surface area contributed by atoms with Gasteiger partial charge in [-0.1, -0.05) is 30.7 Å². The Balaban J connectivity index is 1.91. The maximum atomic E-state index is 10.1. The van der Waals surface area contributed by atoms with Crippen LogP contribution in [0.5, 0.6) is 0 Å². The van der Waals surface area contributed by atoms with E-state index in [1.807, 2.05) is 24.3 Å². The minimum absolute atomic E-state index is 0.325. The number of halogens is 1. The molecule has 96 valence electrons. The molecule has 0 aliphatic heterocycles. The number of aliphatic hydroxyl groups is 1. The molecule has 2 aromatic rings. The van der Waals surface area contributed by atoms with Crippen LogP contribution >= 0.6 is 22.9 Å². The fourth-order valence-electron chi connectivity index (χ4n) is 1.92. The van der Waals surface area contributed by atoms with E-state index in [-0.39, 0.29) is 6.10 Å². The van der Waals surface area contributed by atoms with E-state index < -0.39 is 0 Å². The van der Waals surface area contributed by atoms with Crippen LogP contribution in [0.4, 0.5) is 0 Å². The van der Waals surface area contributed by atoms with E-state index in [0.717, 1.165) is 23.4 Å². The second-order valence-corrected chi connectivity index (χ2v) is 6.10. The third kappa shape index (κ3) is 3.84. The molecular weight excluding hydrogens is 264 g/mol. The molecule has 1 heterocycles. The highest BCUT2D eigenvalue weighted by molar-refractivity contribution is 7.11. The number of thiophene rings is 1. The smallest absolute Gasteiger partial charge is 0.0628 e.